The van der Waals surface area contributed by atoms with Gasteiger partial charge in [-0.1, -0.05) is 17.3 Å². The maximum absolute atomic E-state index is 12.7. The standard InChI is InChI=1S/C17H23N3O4S/c1-10-7-8-13(9-14(10)25(22,23)20-17(4,5)6)15-11(2)19-24-16(15)18-12(3)21/h7-9,20H,1-6H3,(H,18,21). The Bertz CT molecular complexity index is 908. The first-order chi connectivity index (χ1) is 11.4. The predicted octanol–water partition coefficient (Wildman–Crippen LogP) is 2.99. The van der Waals surface area contributed by atoms with Crippen LogP contribution in [0.1, 0.15) is 39.0 Å². The highest BCUT2D eigenvalue weighted by atomic mass is 32.2. The van der Waals surface area contributed by atoms with Crippen molar-refractivity contribution >= 4 is 21.8 Å². The van der Waals surface area contributed by atoms with Gasteiger partial charge in [0.1, 0.15) is 0 Å². The number of anilines is 1. The van der Waals surface area contributed by atoms with E-state index in [1.54, 1.807) is 52.8 Å². The van der Waals surface area contributed by atoms with Crippen molar-refractivity contribution in [1.82, 2.24) is 9.88 Å². The number of nitrogens with zero attached hydrogens (tertiary/aromatic N) is 1. The number of carbonyl (C=O) groups excluding carboxylic acids is 1. The Morgan fingerprint density at radius 1 is 1.20 bits per heavy atom. The summed E-state index contributed by atoms with van der Waals surface area (Å²) in [6.45, 7) is 10.2. The fourth-order valence-corrected chi connectivity index (χ4v) is 4.15. The number of sulfonamides is 1. The number of hydrogen-bond donors (Lipinski definition) is 2. The normalized spacial score (nSPS) is 12.2. The maximum Gasteiger partial charge on any atom is 0.241 e. The number of aromatic nitrogens is 1. The molecule has 0 aliphatic rings. The molecule has 1 aromatic carbocycles. The lowest BCUT2D eigenvalue weighted by molar-refractivity contribution is -0.114. The van der Waals surface area contributed by atoms with Gasteiger partial charge in [0, 0.05) is 12.5 Å². The predicted molar refractivity (Wildman–Crippen MR) is 95.8 cm³/mol. The van der Waals surface area contributed by atoms with Crippen LogP contribution in [0.4, 0.5) is 5.88 Å². The Kier molecular flexibility index (Phi) is 5.06. The molecule has 0 fully saturated rings. The molecule has 2 N–H and O–H groups in total. The molecular formula is C17H23N3O4S. The van der Waals surface area contributed by atoms with Crippen LogP contribution in [0.2, 0.25) is 0 Å². The Morgan fingerprint density at radius 3 is 2.40 bits per heavy atom. The van der Waals surface area contributed by atoms with E-state index in [2.05, 4.69) is 15.2 Å². The molecule has 25 heavy (non-hydrogen) atoms. The minimum Gasteiger partial charge on any atom is -0.337 e. The minimum atomic E-state index is -3.70. The van der Waals surface area contributed by atoms with E-state index in [1.165, 1.54) is 6.92 Å². The Balaban J connectivity index is 2.58. The number of amides is 1. The fourth-order valence-electron chi connectivity index (χ4n) is 2.46. The van der Waals surface area contributed by atoms with Gasteiger partial charge in [-0.15, -0.1) is 0 Å². The monoisotopic (exact) mass is 365 g/mol. The van der Waals surface area contributed by atoms with Crippen molar-refractivity contribution in [3.05, 3.63) is 29.5 Å². The molecule has 2 aromatic rings. The summed E-state index contributed by atoms with van der Waals surface area (Å²) < 4.78 is 33.2. The van der Waals surface area contributed by atoms with Crippen molar-refractivity contribution in [2.45, 2.75) is 52.0 Å². The maximum atomic E-state index is 12.7. The molecule has 1 aromatic heterocycles. The highest BCUT2D eigenvalue weighted by molar-refractivity contribution is 7.89. The molecule has 0 saturated carbocycles. The number of rotatable bonds is 4. The van der Waals surface area contributed by atoms with Gasteiger partial charge in [0.2, 0.25) is 21.8 Å². The van der Waals surface area contributed by atoms with Crippen molar-refractivity contribution in [3.8, 4) is 11.1 Å². The van der Waals surface area contributed by atoms with E-state index in [-0.39, 0.29) is 16.7 Å². The number of hydrogen-bond acceptors (Lipinski definition) is 5. The SMILES string of the molecule is CC(=O)Nc1onc(C)c1-c1ccc(C)c(S(=O)(=O)NC(C)(C)C)c1. The summed E-state index contributed by atoms with van der Waals surface area (Å²) in [5.41, 5.74) is 1.73. The summed E-state index contributed by atoms with van der Waals surface area (Å²) in [6, 6.07) is 5.06. The van der Waals surface area contributed by atoms with Gasteiger partial charge in [-0.3, -0.25) is 10.1 Å². The second kappa shape index (κ2) is 6.61. The number of benzene rings is 1. The molecule has 0 atom stereocenters. The van der Waals surface area contributed by atoms with Crippen molar-refractivity contribution in [2.24, 2.45) is 0 Å². The molecule has 0 unspecified atom stereocenters. The minimum absolute atomic E-state index is 0.175. The Hall–Kier alpha value is -2.19. The Morgan fingerprint density at radius 2 is 1.84 bits per heavy atom. The molecule has 136 valence electrons. The van der Waals surface area contributed by atoms with Crippen LogP contribution in [0.25, 0.3) is 11.1 Å². The van der Waals surface area contributed by atoms with E-state index in [0.717, 1.165) is 0 Å². The summed E-state index contributed by atoms with van der Waals surface area (Å²) >= 11 is 0. The molecule has 0 saturated heterocycles. The lowest BCUT2D eigenvalue weighted by Crippen LogP contribution is -2.40. The van der Waals surface area contributed by atoms with Gasteiger partial charge in [-0.05, 0) is 51.8 Å². The zero-order valence-corrected chi connectivity index (χ0v) is 16.0. The van der Waals surface area contributed by atoms with Crippen molar-refractivity contribution in [3.63, 3.8) is 0 Å². The van der Waals surface area contributed by atoms with Crippen molar-refractivity contribution < 1.29 is 17.7 Å². The second-order valence-electron chi connectivity index (χ2n) is 6.99. The van der Waals surface area contributed by atoms with Crippen LogP contribution in [0.5, 0.6) is 0 Å². The first kappa shape index (κ1) is 19.1. The zero-order chi connectivity index (χ0) is 19.0. The largest absolute Gasteiger partial charge is 0.337 e. The van der Waals surface area contributed by atoms with E-state index in [9.17, 15) is 13.2 Å². The summed E-state index contributed by atoms with van der Waals surface area (Å²) in [4.78, 5) is 11.5. The smallest absolute Gasteiger partial charge is 0.241 e. The zero-order valence-electron chi connectivity index (χ0n) is 15.2. The van der Waals surface area contributed by atoms with Gasteiger partial charge < -0.3 is 4.52 Å². The van der Waals surface area contributed by atoms with Gasteiger partial charge in [0.05, 0.1) is 16.2 Å². The summed E-state index contributed by atoms with van der Waals surface area (Å²) in [6.07, 6.45) is 0. The summed E-state index contributed by atoms with van der Waals surface area (Å²) in [7, 11) is -3.70. The average molecular weight is 365 g/mol. The van der Waals surface area contributed by atoms with Crippen LogP contribution in [0, 0.1) is 13.8 Å². The van der Waals surface area contributed by atoms with Crippen LogP contribution in [-0.4, -0.2) is 25.0 Å². The third-order valence-electron chi connectivity index (χ3n) is 3.36. The quantitative estimate of drug-likeness (QED) is 0.867. The van der Waals surface area contributed by atoms with Gasteiger partial charge in [-0.2, -0.15) is 0 Å². The third kappa shape index (κ3) is 4.46. The molecular weight excluding hydrogens is 342 g/mol. The van der Waals surface area contributed by atoms with E-state index < -0.39 is 15.6 Å². The highest BCUT2D eigenvalue weighted by Crippen LogP contribution is 2.33. The number of carbonyl (C=O) groups is 1. The van der Waals surface area contributed by atoms with Gasteiger partial charge in [0.15, 0.2) is 0 Å². The first-order valence-electron chi connectivity index (χ1n) is 7.79. The number of aryl methyl sites for hydroxylation is 2. The molecule has 7 nitrogen and oxygen atoms in total. The molecule has 0 aliphatic carbocycles. The van der Waals surface area contributed by atoms with Gasteiger partial charge >= 0.3 is 0 Å². The fraction of sp³-hybridized carbons (Fsp3) is 0.412. The van der Waals surface area contributed by atoms with Crippen LogP contribution in [0.15, 0.2) is 27.6 Å². The van der Waals surface area contributed by atoms with Crippen LogP contribution >= 0.6 is 0 Å². The number of nitrogens with one attached hydrogen (secondary N) is 2. The molecule has 8 heteroatoms. The van der Waals surface area contributed by atoms with E-state index in [0.29, 0.717) is 22.4 Å². The molecule has 0 radical (unpaired) electrons. The van der Waals surface area contributed by atoms with E-state index in [1.807, 2.05) is 0 Å². The highest BCUT2D eigenvalue weighted by Gasteiger charge is 2.25. The first-order valence-corrected chi connectivity index (χ1v) is 9.28. The topological polar surface area (TPSA) is 101 Å². The van der Waals surface area contributed by atoms with Crippen molar-refractivity contribution in [1.29, 1.82) is 0 Å². The van der Waals surface area contributed by atoms with Crippen LogP contribution in [0.3, 0.4) is 0 Å². The lowest BCUT2D eigenvalue weighted by atomic mass is 10.0. The molecule has 2 rings (SSSR count). The summed E-state index contributed by atoms with van der Waals surface area (Å²) in [5, 5.41) is 6.44. The van der Waals surface area contributed by atoms with Gasteiger partial charge in [0.25, 0.3) is 0 Å². The van der Waals surface area contributed by atoms with Crippen LogP contribution < -0.4 is 10.0 Å². The van der Waals surface area contributed by atoms with Gasteiger partial charge in [-0.25, -0.2) is 13.1 Å². The second-order valence-corrected chi connectivity index (χ2v) is 8.64. The van der Waals surface area contributed by atoms with Crippen molar-refractivity contribution in [2.75, 3.05) is 5.32 Å². The summed E-state index contributed by atoms with van der Waals surface area (Å²) in [5.74, 6) is -0.104. The van der Waals surface area contributed by atoms with E-state index >= 15 is 0 Å². The van der Waals surface area contributed by atoms with E-state index in [4.69, 9.17) is 4.52 Å². The third-order valence-corrected chi connectivity index (χ3v) is 5.26. The molecule has 0 bridgehead atoms. The molecule has 1 heterocycles. The lowest BCUT2D eigenvalue weighted by Gasteiger charge is -2.21. The average Bonchev–Trinajstić information content (AvgIpc) is 2.77. The molecule has 1 amide bonds. The van der Waals surface area contributed by atoms with Crippen LogP contribution in [-0.2, 0) is 14.8 Å². The Labute approximate surface area is 147 Å². The molecule has 0 aliphatic heterocycles. The molecule has 0 spiro atoms.